The van der Waals surface area contributed by atoms with Crippen molar-refractivity contribution in [3.63, 3.8) is 0 Å². The molecule has 10 heteroatoms. The van der Waals surface area contributed by atoms with E-state index in [4.69, 9.17) is 5.26 Å². The third-order valence-electron chi connectivity index (χ3n) is 6.33. The van der Waals surface area contributed by atoms with E-state index in [0.29, 0.717) is 43.7 Å². The number of carbonyl (C=O) groups is 1. The summed E-state index contributed by atoms with van der Waals surface area (Å²) in [7, 11) is 0. The number of ether oxygens (including phenoxy) is 1. The van der Waals surface area contributed by atoms with Crippen LogP contribution >= 0.6 is 0 Å². The summed E-state index contributed by atoms with van der Waals surface area (Å²) in [6, 6.07) is 15.5. The van der Waals surface area contributed by atoms with Gasteiger partial charge in [0.15, 0.2) is 0 Å². The van der Waals surface area contributed by atoms with Crippen molar-refractivity contribution in [1.29, 1.82) is 5.26 Å². The number of halogens is 3. The van der Waals surface area contributed by atoms with Gasteiger partial charge < -0.3 is 14.6 Å². The highest BCUT2D eigenvalue weighted by atomic mass is 19.4. The van der Waals surface area contributed by atoms with E-state index in [9.17, 15) is 18.0 Å². The average Bonchev–Trinajstić information content (AvgIpc) is 3.30. The Morgan fingerprint density at radius 2 is 1.97 bits per heavy atom. The number of hydrogen-bond donors (Lipinski definition) is 1. The first kappa shape index (κ1) is 26.2. The van der Waals surface area contributed by atoms with Gasteiger partial charge in [0.2, 0.25) is 5.91 Å². The van der Waals surface area contributed by atoms with Gasteiger partial charge in [-0.1, -0.05) is 24.3 Å². The molecule has 1 amide bonds. The zero-order valence-electron chi connectivity index (χ0n) is 20.2. The van der Waals surface area contributed by atoms with Crippen molar-refractivity contribution < 1.29 is 22.7 Å². The number of benzene rings is 2. The largest absolute Gasteiger partial charge is 0.573 e. The Morgan fingerprint density at radius 3 is 2.73 bits per heavy atom. The summed E-state index contributed by atoms with van der Waals surface area (Å²) in [5.41, 5.74) is 3.37. The Morgan fingerprint density at radius 1 is 1.16 bits per heavy atom. The van der Waals surface area contributed by atoms with Gasteiger partial charge in [0.05, 0.1) is 23.9 Å². The molecule has 194 valence electrons. The lowest BCUT2D eigenvalue weighted by Gasteiger charge is -2.32. The van der Waals surface area contributed by atoms with Crippen LogP contribution in [0, 0.1) is 17.2 Å². The third kappa shape index (κ3) is 7.82. The predicted molar refractivity (Wildman–Crippen MR) is 130 cm³/mol. The molecule has 1 N–H and O–H groups in total. The minimum Gasteiger partial charge on any atom is -0.406 e. The number of piperidine rings is 1. The molecule has 1 aliphatic rings. The van der Waals surface area contributed by atoms with Gasteiger partial charge in [-0.05, 0) is 54.8 Å². The Balaban J connectivity index is 1.25. The van der Waals surface area contributed by atoms with Crippen molar-refractivity contribution in [2.45, 2.75) is 38.7 Å². The molecule has 2 aromatic carbocycles. The summed E-state index contributed by atoms with van der Waals surface area (Å²) in [5, 5.41) is 12.0. The third-order valence-corrected chi connectivity index (χ3v) is 6.33. The maximum atomic E-state index is 12.8. The van der Waals surface area contributed by atoms with Crippen molar-refractivity contribution in [3.8, 4) is 11.8 Å². The smallest absolute Gasteiger partial charge is 0.406 e. The number of nitrogens with one attached hydrogen (secondary N) is 1. The molecule has 0 saturated carbocycles. The summed E-state index contributed by atoms with van der Waals surface area (Å²) in [6.45, 7) is 2.88. The van der Waals surface area contributed by atoms with Crippen molar-refractivity contribution in [2.24, 2.45) is 5.92 Å². The van der Waals surface area contributed by atoms with Crippen molar-refractivity contribution in [3.05, 3.63) is 83.4 Å². The predicted octanol–water partition coefficient (Wildman–Crippen LogP) is 4.27. The number of rotatable bonds is 9. The molecule has 1 atom stereocenters. The summed E-state index contributed by atoms with van der Waals surface area (Å²) in [4.78, 5) is 19.2. The molecule has 1 aromatic heterocycles. The minimum absolute atomic E-state index is 0.0167. The molecule has 0 radical (unpaired) electrons. The summed E-state index contributed by atoms with van der Waals surface area (Å²) < 4.78 is 43.6. The summed E-state index contributed by atoms with van der Waals surface area (Å²) in [6.07, 6.45) is 1.06. The van der Waals surface area contributed by atoms with Crippen LogP contribution in [0.2, 0.25) is 0 Å². The van der Waals surface area contributed by atoms with E-state index >= 15 is 0 Å². The topological polar surface area (TPSA) is 83.2 Å². The molecular weight excluding hydrogens is 483 g/mol. The second kappa shape index (κ2) is 11.9. The highest BCUT2D eigenvalue weighted by Gasteiger charge is 2.31. The van der Waals surface area contributed by atoms with E-state index in [1.54, 1.807) is 30.7 Å². The molecule has 0 aliphatic carbocycles. The normalized spacial score (nSPS) is 16.2. The van der Waals surface area contributed by atoms with E-state index in [1.165, 1.54) is 18.2 Å². The minimum atomic E-state index is -4.73. The molecule has 0 bridgehead atoms. The van der Waals surface area contributed by atoms with Gasteiger partial charge in [-0.3, -0.25) is 9.69 Å². The molecule has 1 saturated heterocycles. The first-order valence-electron chi connectivity index (χ1n) is 12.1. The second-order valence-corrected chi connectivity index (χ2v) is 9.13. The highest BCUT2D eigenvalue weighted by molar-refractivity contribution is 5.79. The van der Waals surface area contributed by atoms with Gasteiger partial charge >= 0.3 is 6.36 Å². The number of nitrogens with zero attached hydrogens (tertiary/aromatic N) is 4. The van der Waals surface area contributed by atoms with E-state index in [0.717, 1.165) is 30.6 Å². The van der Waals surface area contributed by atoms with Gasteiger partial charge in [-0.25, -0.2) is 4.98 Å². The number of amides is 1. The molecule has 7 nitrogen and oxygen atoms in total. The Bertz CT molecular complexity index is 1230. The second-order valence-electron chi connectivity index (χ2n) is 9.13. The van der Waals surface area contributed by atoms with Crippen LogP contribution in [0.3, 0.4) is 0 Å². The fraction of sp³-hybridized carbons (Fsp3) is 0.370. The van der Waals surface area contributed by atoms with Crippen molar-refractivity contribution in [1.82, 2.24) is 19.8 Å². The molecule has 4 rings (SSSR count). The fourth-order valence-corrected chi connectivity index (χ4v) is 4.55. The standard InChI is InChI=1S/C27H28F3N5O2/c28-27(29,30)37-25-5-1-3-22(13-25)16-34-12-2-4-23(18-34)26(36)33-11-10-24-15-32-19-35(24)17-21-8-6-20(14-31)7-9-21/h1,3,5-9,13,15,19,23H,2,4,10-12,16-18H2,(H,33,36). The molecular formula is C27H28F3N5O2. The van der Waals surface area contributed by atoms with Gasteiger partial charge in [-0.15, -0.1) is 13.2 Å². The molecule has 1 fully saturated rings. The Kier molecular flexibility index (Phi) is 8.46. The van der Waals surface area contributed by atoms with Crippen LogP contribution in [0.4, 0.5) is 13.2 Å². The number of imidazole rings is 1. The van der Waals surface area contributed by atoms with E-state index in [-0.39, 0.29) is 17.6 Å². The van der Waals surface area contributed by atoms with Crippen LogP contribution in [-0.4, -0.2) is 46.4 Å². The number of nitriles is 1. The van der Waals surface area contributed by atoms with E-state index in [1.807, 2.05) is 16.7 Å². The SMILES string of the molecule is N#Cc1ccc(Cn2cncc2CCNC(=O)C2CCCN(Cc3cccc(OC(F)(F)F)c3)C2)cc1. The summed E-state index contributed by atoms with van der Waals surface area (Å²) >= 11 is 0. The molecule has 2 heterocycles. The van der Waals surface area contributed by atoms with Gasteiger partial charge in [0, 0.05) is 44.5 Å². The lowest BCUT2D eigenvalue weighted by Crippen LogP contribution is -2.43. The molecule has 1 aliphatic heterocycles. The van der Waals surface area contributed by atoms with Crippen LogP contribution in [0.1, 0.15) is 35.2 Å². The number of likely N-dealkylation sites (tertiary alicyclic amines) is 1. The van der Waals surface area contributed by atoms with E-state index in [2.05, 4.69) is 26.0 Å². The van der Waals surface area contributed by atoms with Gasteiger partial charge in [0.1, 0.15) is 5.75 Å². The van der Waals surface area contributed by atoms with Crippen LogP contribution in [-0.2, 0) is 24.3 Å². The number of carbonyl (C=O) groups excluding carboxylic acids is 1. The zero-order chi connectivity index (χ0) is 26.3. The quantitative estimate of drug-likeness (QED) is 0.464. The Hall–Kier alpha value is -3.84. The summed E-state index contributed by atoms with van der Waals surface area (Å²) in [5.74, 6) is -0.432. The van der Waals surface area contributed by atoms with Crippen molar-refractivity contribution >= 4 is 5.91 Å². The van der Waals surface area contributed by atoms with Crippen LogP contribution in [0.5, 0.6) is 5.75 Å². The molecule has 1 unspecified atom stereocenters. The lowest BCUT2D eigenvalue weighted by atomic mass is 9.96. The van der Waals surface area contributed by atoms with Crippen LogP contribution in [0.25, 0.3) is 0 Å². The Labute approximate surface area is 213 Å². The maximum absolute atomic E-state index is 12.8. The molecule has 3 aromatic rings. The number of hydrogen-bond acceptors (Lipinski definition) is 5. The van der Waals surface area contributed by atoms with Crippen molar-refractivity contribution in [2.75, 3.05) is 19.6 Å². The van der Waals surface area contributed by atoms with E-state index < -0.39 is 6.36 Å². The number of alkyl halides is 3. The first-order valence-corrected chi connectivity index (χ1v) is 12.1. The maximum Gasteiger partial charge on any atom is 0.573 e. The van der Waals surface area contributed by atoms with Crippen LogP contribution in [0.15, 0.2) is 61.1 Å². The average molecular weight is 512 g/mol. The zero-order valence-corrected chi connectivity index (χ0v) is 20.2. The highest BCUT2D eigenvalue weighted by Crippen LogP contribution is 2.25. The van der Waals surface area contributed by atoms with Gasteiger partial charge in [0.25, 0.3) is 0 Å². The lowest BCUT2D eigenvalue weighted by molar-refractivity contribution is -0.274. The monoisotopic (exact) mass is 511 g/mol. The van der Waals surface area contributed by atoms with Crippen LogP contribution < -0.4 is 10.1 Å². The number of aromatic nitrogens is 2. The first-order chi connectivity index (χ1) is 17.8. The van der Waals surface area contributed by atoms with Gasteiger partial charge in [-0.2, -0.15) is 5.26 Å². The molecule has 37 heavy (non-hydrogen) atoms. The fourth-order valence-electron chi connectivity index (χ4n) is 4.55. The molecule has 0 spiro atoms.